The van der Waals surface area contributed by atoms with E-state index in [0.29, 0.717) is 25.9 Å². The second-order valence-electron chi connectivity index (χ2n) is 7.82. The second-order valence-corrected chi connectivity index (χ2v) is 9.26. The highest BCUT2D eigenvalue weighted by atomic mass is 35.5. The molecule has 0 fully saturated rings. The van der Waals surface area contributed by atoms with Gasteiger partial charge < -0.3 is 4.90 Å². The van der Waals surface area contributed by atoms with Gasteiger partial charge in [0, 0.05) is 25.2 Å². The number of nitro benzene ring substituents is 1. The van der Waals surface area contributed by atoms with Crippen molar-refractivity contribution in [3.05, 3.63) is 101 Å². The maximum atomic E-state index is 13.7. The summed E-state index contributed by atoms with van der Waals surface area (Å²) in [6, 6.07) is 12.4. The highest BCUT2D eigenvalue weighted by Crippen LogP contribution is 2.30. The Morgan fingerprint density at radius 1 is 1.15 bits per heavy atom. The van der Waals surface area contributed by atoms with E-state index in [2.05, 4.69) is 0 Å². The van der Waals surface area contributed by atoms with Crippen LogP contribution in [0.4, 0.5) is 5.69 Å². The SMILES string of the molecule is Cc1c(C(=O)N(C)C)sc2c1c(=O)n(-c1ccccc1[N+](=O)[O-])c(=O)n2Cc1cccc(Cl)c1. The van der Waals surface area contributed by atoms with E-state index in [1.54, 1.807) is 45.3 Å². The number of hydrogen-bond donors (Lipinski definition) is 0. The molecule has 0 aliphatic heterocycles. The number of aryl methyl sites for hydroxylation is 1. The van der Waals surface area contributed by atoms with Gasteiger partial charge in [-0.05, 0) is 36.2 Å². The van der Waals surface area contributed by atoms with Gasteiger partial charge in [-0.1, -0.05) is 35.9 Å². The molecule has 0 saturated heterocycles. The van der Waals surface area contributed by atoms with Crippen LogP contribution in [0.3, 0.4) is 0 Å². The van der Waals surface area contributed by atoms with Crippen LogP contribution in [-0.2, 0) is 6.54 Å². The van der Waals surface area contributed by atoms with Crippen molar-refractivity contribution >= 4 is 44.7 Å². The smallest absolute Gasteiger partial charge is 0.337 e. The summed E-state index contributed by atoms with van der Waals surface area (Å²) in [7, 11) is 3.19. The largest absolute Gasteiger partial charge is 0.344 e. The number of amides is 1. The maximum Gasteiger partial charge on any atom is 0.337 e. The van der Waals surface area contributed by atoms with Crippen molar-refractivity contribution in [3.63, 3.8) is 0 Å². The molecule has 11 heteroatoms. The molecule has 1 amide bonds. The van der Waals surface area contributed by atoms with Gasteiger partial charge in [0.15, 0.2) is 0 Å². The summed E-state index contributed by atoms with van der Waals surface area (Å²) in [5.74, 6) is -0.308. The molecular formula is C23H19ClN4O5S. The maximum absolute atomic E-state index is 13.7. The average Bonchev–Trinajstić information content (AvgIpc) is 3.13. The molecule has 2 aromatic heterocycles. The second kappa shape index (κ2) is 8.88. The van der Waals surface area contributed by atoms with Crippen molar-refractivity contribution in [1.82, 2.24) is 14.0 Å². The van der Waals surface area contributed by atoms with Crippen molar-refractivity contribution in [2.45, 2.75) is 13.5 Å². The molecule has 0 spiro atoms. The molecule has 2 aromatic carbocycles. The van der Waals surface area contributed by atoms with Crippen LogP contribution in [0.15, 0.2) is 58.1 Å². The van der Waals surface area contributed by atoms with Crippen molar-refractivity contribution < 1.29 is 9.72 Å². The number of aromatic nitrogens is 2. The molecule has 0 radical (unpaired) electrons. The van der Waals surface area contributed by atoms with Crippen molar-refractivity contribution in [2.24, 2.45) is 0 Å². The Labute approximate surface area is 202 Å². The number of nitrogens with zero attached hydrogens (tertiary/aromatic N) is 4. The summed E-state index contributed by atoms with van der Waals surface area (Å²) in [4.78, 5) is 53.1. The molecule has 0 N–H and O–H groups in total. The van der Waals surface area contributed by atoms with Gasteiger partial charge in [0.25, 0.3) is 17.2 Å². The van der Waals surface area contributed by atoms with Gasteiger partial charge in [-0.25, -0.2) is 9.36 Å². The Morgan fingerprint density at radius 3 is 2.50 bits per heavy atom. The van der Waals surface area contributed by atoms with Crippen molar-refractivity contribution in [2.75, 3.05) is 14.1 Å². The van der Waals surface area contributed by atoms with Crippen LogP contribution in [0.2, 0.25) is 5.02 Å². The molecule has 174 valence electrons. The van der Waals surface area contributed by atoms with Crippen LogP contribution in [0.5, 0.6) is 0 Å². The van der Waals surface area contributed by atoms with Crippen molar-refractivity contribution in [3.8, 4) is 5.69 Å². The van der Waals surface area contributed by atoms with E-state index in [4.69, 9.17) is 11.6 Å². The number of rotatable bonds is 5. The lowest BCUT2D eigenvalue weighted by atomic mass is 10.2. The van der Waals surface area contributed by atoms with E-state index in [9.17, 15) is 24.5 Å². The van der Waals surface area contributed by atoms with E-state index in [1.165, 1.54) is 33.7 Å². The molecule has 9 nitrogen and oxygen atoms in total. The molecule has 0 bridgehead atoms. The molecule has 0 unspecified atom stereocenters. The number of nitro groups is 1. The predicted molar refractivity (Wildman–Crippen MR) is 132 cm³/mol. The Balaban J connectivity index is 2.13. The Kier molecular flexibility index (Phi) is 6.11. The summed E-state index contributed by atoms with van der Waals surface area (Å²) >= 11 is 7.16. The molecule has 4 aromatic rings. The normalized spacial score (nSPS) is 11.1. The van der Waals surface area contributed by atoms with Gasteiger partial charge >= 0.3 is 5.69 Å². The first-order valence-electron chi connectivity index (χ1n) is 10.1. The highest BCUT2D eigenvalue weighted by molar-refractivity contribution is 7.20. The lowest BCUT2D eigenvalue weighted by molar-refractivity contribution is -0.384. The minimum atomic E-state index is -0.753. The lowest BCUT2D eigenvalue weighted by Gasteiger charge is -2.13. The molecule has 34 heavy (non-hydrogen) atoms. The van der Waals surface area contributed by atoms with Gasteiger partial charge in [-0.2, -0.15) is 0 Å². The minimum Gasteiger partial charge on any atom is -0.344 e. The zero-order valence-electron chi connectivity index (χ0n) is 18.4. The Bertz CT molecular complexity index is 1580. The molecule has 4 rings (SSSR count). The number of para-hydroxylation sites is 2. The lowest BCUT2D eigenvalue weighted by Crippen LogP contribution is -2.39. The Morgan fingerprint density at radius 2 is 1.85 bits per heavy atom. The van der Waals surface area contributed by atoms with Crippen LogP contribution in [0.25, 0.3) is 15.9 Å². The minimum absolute atomic E-state index is 0.0480. The molecule has 0 saturated carbocycles. The number of fused-ring (bicyclic) bond motifs is 1. The zero-order chi connectivity index (χ0) is 24.7. The monoisotopic (exact) mass is 498 g/mol. The number of carbonyl (C=O) groups excluding carboxylic acids is 1. The van der Waals surface area contributed by atoms with E-state index in [-0.39, 0.29) is 29.2 Å². The van der Waals surface area contributed by atoms with Gasteiger partial charge in [0.1, 0.15) is 10.5 Å². The van der Waals surface area contributed by atoms with Crippen LogP contribution in [0.1, 0.15) is 20.8 Å². The van der Waals surface area contributed by atoms with E-state index >= 15 is 0 Å². The Hall–Kier alpha value is -3.76. The fourth-order valence-corrected chi connectivity index (χ4v) is 5.26. The average molecular weight is 499 g/mol. The number of halogens is 1. The van der Waals surface area contributed by atoms with Crippen LogP contribution in [-0.4, -0.2) is 39.0 Å². The van der Waals surface area contributed by atoms with Crippen LogP contribution < -0.4 is 11.2 Å². The molecule has 2 heterocycles. The molecular weight excluding hydrogens is 480 g/mol. The number of benzene rings is 2. The zero-order valence-corrected chi connectivity index (χ0v) is 20.0. The van der Waals surface area contributed by atoms with Crippen LogP contribution >= 0.6 is 22.9 Å². The van der Waals surface area contributed by atoms with E-state index < -0.39 is 16.2 Å². The first-order chi connectivity index (χ1) is 16.1. The number of thiophene rings is 1. The third-order valence-electron chi connectivity index (χ3n) is 5.36. The van der Waals surface area contributed by atoms with Gasteiger partial charge in [0.2, 0.25) is 0 Å². The molecule has 0 atom stereocenters. The van der Waals surface area contributed by atoms with Gasteiger partial charge in [-0.3, -0.25) is 24.3 Å². The summed E-state index contributed by atoms with van der Waals surface area (Å²) in [6.45, 7) is 1.68. The summed E-state index contributed by atoms with van der Waals surface area (Å²) < 4.78 is 2.15. The third kappa shape index (κ3) is 3.91. The fraction of sp³-hybridized carbons (Fsp3) is 0.174. The third-order valence-corrected chi connectivity index (χ3v) is 6.90. The van der Waals surface area contributed by atoms with Gasteiger partial charge in [-0.15, -0.1) is 11.3 Å². The van der Waals surface area contributed by atoms with E-state index in [1.807, 2.05) is 0 Å². The fourth-order valence-electron chi connectivity index (χ4n) is 3.73. The predicted octanol–water partition coefficient (Wildman–Crippen LogP) is 3.83. The quantitative estimate of drug-likeness (QED) is 0.307. The summed E-state index contributed by atoms with van der Waals surface area (Å²) in [5.41, 5.74) is -0.894. The summed E-state index contributed by atoms with van der Waals surface area (Å²) in [5, 5.41) is 12.3. The number of hydrogen-bond acceptors (Lipinski definition) is 6. The first kappa shape index (κ1) is 23.4. The first-order valence-corrected chi connectivity index (χ1v) is 11.3. The number of carbonyl (C=O) groups is 1. The topological polar surface area (TPSA) is 107 Å². The summed E-state index contributed by atoms with van der Waals surface area (Å²) in [6.07, 6.45) is 0. The van der Waals surface area contributed by atoms with Crippen LogP contribution in [0, 0.1) is 17.0 Å². The van der Waals surface area contributed by atoms with E-state index in [0.717, 1.165) is 15.9 Å². The molecule has 0 aliphatic carbocycles. The van der Waals surface area contributed by atoms with Crippen molar-refractivity contribution in [1.29, 1.82) is 0 Å². The molecule has 0 aliphatic rings. The van der Waals surface area contributed by atoms with Gasteiger partial charge in [0.05, 0.1) is 21.7 Å². The highest BCUT2D eigenvalue weighted by Gasteiger charge is 2.27. The standard InChI is InChI=1S/C23H19ClN4O5S/c1-13-18-20(29)27(16-9-4-5-10-17(16)28(32)33)23(31)26(12-14-7-6-8-15(24)11-14)22(18)34-19(13)21(30)25(2)3/h4-11H,12H2,1-3H3.